The predicted octanol–water partition coefficient (Wildman–Crippen LogP) is 3.95. The molecule has 0 amide bonds. The molecule has 0 fully saturated rings. The number of aryl methyl sites for hydroxylation is 1. The minimum atomic E-state index is -4.54. The fourth-order valence-electron chi connectivity index (χ4n) is 3.90. The van der Waals surface area contributed by atoms with Crippen LogP contribution in [0.15, 0.2) is 65.7 Å². The molecule has 9 nitrogen and oxygen atoms in total. The number of rotatable bonds is 5. The Labute approximate surface area is 200 Å². The zero-order valence-electron chi connectivity index (χ0n) is 18.6. The van der Waals surface area contributed by atoms with Crippen molar-refractivity contribution in [2.75, 3.05) is 0 Å². The molecular formula is C24H17F3N6O3. The van der Waals surface area contributed by atoms with Crippen LogP contribution in [0.25, 0.3) is 33.9 Å². The van der Waals surface area contributed by atoms with Gasteiger partial charge in [0.15, 0.2) is 17.2 Å². The number of aromatic amines is 1. The Bertz CT molecular complexity index is 1670. The van der Waals surface area contributed by atoms with E-state index in [0.29, 0.717) is 22.2 Å². The van der Waals surface area contributed by atoms with Crippen LogP contribution in [-0.4, -0.2) is 40.1 Å². The van der Waals surface area contributed by atoms with Gasteiger partial charge in [-0.1, -0.05) is 42.5 Å². The van der Waals surface area contributed by atoms with Crippen molar-refractivity contribution in [3.63, 3.8) is 0 Å². The average molecular weight is 494 g/mol. The minimum absolute atomic E-state index is 0.0276. The van der Waals surface area contributed by atoms with E-state index in [-0.39, 0.29) is 29.4 Å². The van der Waals surface area contributed by atoms with E-state index in [1.807, 2.05) is 0 Å². The second-order valence-electron chi connectivity index (χ2n) is 8.05. The Kier molecular flexibility index (Phi) is 5.43. The summed E-state index contributed by atoms with van der Waals surface area (Å²) >= 11 is 0. The van der Waals surface area contributed by atoms with Crippen molar-refractivity contribution in [1.82, 2.24) is 29.1 Å². The van der Waals surface area contributed by atoms with E-state index in [1.165, 1.54) is 28.4 Å². The molecule has 0 aliphatic heterocycles. The van der Waals surface area contributed by atoms with Crippen LogP contribution < -0.4 is 5.69 Å². The molecule has 5 rings (SSSR count). The van der Waals surface area contributed by atoms with Gasteiger partial charge in [-0.25, -0.2) is 24.5 Å². The summed E-state index contributed by atoms with van der Waals surface area (Å²) in [7, 11) is 1.48. The summed E-state index contributed by atoms with van der Waals surface area (Å²) in [5.74, 6) is -0.817. The molecule has 0 unspecified atom stereocenters. The maximum absolute atomic E-state index is 13.0. The molecule has 3 aromatic heterocycles. The monoisotopic (exact) mass is 494 g/mol. The van der Waals surface area contributed by atoms with Crippen molar-refractivity contribution >= 4 is 17.1 Å². The van der Waals surface area contributed by atoms with Crippen molar-refractivity contribution in [2.24, 2.45) is 7.05 Å². The topological polar surface area (TPSA) is 119 Å². The molecule has 36 heavy (non-hydrogen) atoms. The fraction of sp³-hybridized carbons (Fsp3) is 0.125. The number of carboxylic acids is 1. The largest absolute Gasteiger partial charge is 0.478 e. The summed E-state index contributed by atoms with van der Waals surface area (Å²) in [6.07, 6.45) is -2.21. The molecule has 182 valence electrons. The lowest BCUT2D eigenvalue weighted by Crippen LogP contribution is -2.17. The van der Waals surface area contributed by atoms with Gasteiger partial charge in [0.05, 0.1) is 18.3 Å². The lowest BCUT2D eigenvalue weighted by molar-refractivity contribution is -0.140. The average Bonchev–Trinajstić information content (AvgIpc) is 3.39. The summed E-state index contributed by atoms with van der Waals surface area (Å²) in [4.78, 5) is 39.2. The first-order chi connectivity index (χ1) is 17.1. The highest BCUT2D eigenvalue weighted by Crippen LogP contribution is 2.30. The number of halogens is 3. The lowest BCUT2D eigenvalue weighted by Gasteiger charge is -2.07. The van der Waals surface area contributed by atoms with Crippen LogP contribution in [0.5, 0.6) is 0 Å². The summed E-state index contributed by atoms with van der Waals surface area (Å²) in [5.41, 5.74) is 0.759. The van der Waals surface area contributed by atoms with Gasteiger partial charge in [0, 0.05) is 24.4 Å². The maximum atomic E-state index is 13.0. The molecule has 0 radical (unpaired) electrons. The number of hydrogen-bond acceptors (Lipinski definition) is 5. The van der Waals surface area contributed by atoms with Crippen LogP contribution in [0, 0.1) is 0 Å². The third kappa shape index (κ3) is 4.13. The van der Waals surface area contributed by atoms with Crippen LogP contribution >= 0.6 is 0 Å². The van der Waals surface area contributed by atoms with Crippen molar-refractivity contribution in [1.29, 1.82) is 0 Å². The molecule has 5 aromatic rings. The SMILES string of the molecule is Cn1cc(C(F)(F)F)nc1-c1ccc(Cn2c(=O)[nH]c3cnc(-c4ccccc4C(=O)O)nc32)cc1. The highest BCUT2D eigenvalue weighted by Gasteiger charge is 2.34. The first-order valence-corrected chi connectivity index (χ1v) is 10.6. The maximum Gasteiger partial charge on any atom is 0.434 e. The number of benzene rings is 2. The first kappa shape index (κ1) is 23.0. The molecule has 0 bridgehead atoms. The Morgan fingerprint density at radius 3 is 2.47 bits per heavy atom. The third-order valence-corrected chi connectivity index (χ3v) is 5.63. The number of fused-ring (bicyclic) bond motifs is 1. The number of nitrogens with zero attached hydrogens (tertiary/aromatic N) is 5. The molecule has 0 aliphatic carbocycles. The predicted molar refractivity (Wildman–Crippen MR) is 123 cm³/mol. The summed E-state index contributed by atoms with van der Waals surface area (Å²) < 4.78 is 41.6. The van der Waals surface area contributed by atoms with Crippen LogP contribution in [-0.2, 0) is 19.8 Å². The molecule has 0 atom stereocenters. The van der Waals surface area contributed by atoms with Crippen LogP contribution in [0.4, 0.5) is 13.2 Å². The number of H-pyrrole nitrogens is 1. The molecular weight excluding hydrogens is 477 g/mol. The normalized spacial score (nSPS) is 11.8. The van der Waals surface area contributed by atoms with Crippen molar-refractivity contribution in [2.45, 2.75) is 12.7 Å². The number of imidazole rings is 2. The van der Waals surface area contributed by atoms with E-state index in [2.05, 4.69) is 19.9 Å². The van der Waals surface area contributed by atoms with Gasteiger partial charge < -0.3 is 14.7 Å². The number of carbonyl (C=O) groups is 1. The van der Waals surface area contributed by atoms with E-state index >= 15 is 0 Å². The molecule has 0 spiro atoms. The third-order valence-electron chi connectivity index (χ3n) is 5.63. The highest BCUT2D eigenvalue weighted by atomic mass is 19.4. The van der Waals surface area contributed by atoms with Crippen molar-refractivity contribution in [3.8, 4) is 22.8 Å². The number of alkyl halides is 3. The molecule has 2 N–H and O–H groups in total. The Balaban J connectivity index is 1.49. The van der Waals surface area contributed by atoms with Gasteiger partial charge in [-0.2, -0.15) is 13.2 Å². The summed E-state index contributed by atoms with van der Waals surface area (Å²) in [6, 6.07) is 12.9. The van der Waals surface area contributed by atoms with Gasteiger partial charge in [-0.3, -0.25) is 4.57 Å². The number of carboxylic acid groups (broad SMARTS) is 1. The van der Waals surface area contributed by atoms with Gasteiger partial charge in [0.25, 0.3) is 0 Å². The van der Waals surface area contributed by atoms with Gasteiger partial charge >= 0.3 is 17.8 Å². The van der Waals surface area contributed by atoms with Crippen LogP contribution in [0.3, 0.4) is 0 Å². The zero-order chi connectivity index (χ0) is 25.6. The number of aromatic nitrogens is 6. The van der Waals surface area contributed by atoms with E-state index in [4.69, 9.17) is 0 Å². The molecule has 0 saturated heterocycles. The van der Waals surface area contributed by atoms with Gasteiger partial charge in [0.1, 0.15) is 11.3 Å². The summed E-state index contributed by atoms with van der Waals surface area (Å²) in [5, 5.41) is 9.48. The van der Waals surface area contributed by atoms with E-state index in [9.17, 15) is 27.9 Å². The Morgan fingerprint density at radius 1 is 1.08 bits per heavy atom. The van der Waals surface area contributed by atoms with Crippen LogP contribution in [0.1, 0.15) is 21.6 Å². The molecule has 2 aromatic carbocycles. The lowest BCUT2D eigenvalue weighted by atomic mass is 10.1. The van der Waals surface area contributed by atoms with E-state index in [1.54, 1.807) is 42.5 Å². The Morgan fingerprint density at radius 2 is 1.81 bits per heavy atom. The standard InChI is InChI=1S/C24H17F3N6O3/c1-32-12-18(24(25,26)27)30-20(32)14-8-6-13(7-9-14)11-33-21-17(29-23(33)36)10-28-19(31-21)15-4-2-3-5-16(15)22(34)35/h2-10,12H,11H2,1H3,(H,29,36)(H,34,35). The van der Waals surface area contributed by atoms with Crippen molar-refractivity contribution in [3.05, 3.63) is 88.2 Å². The minimum Gasteiger partial charge on any atom is -0.478 e. The zero-order valence-corrected chi connectivity index (χ0v) is 18.6. The first-order valence-electron chi connectivity index (χ1n) is 10.6. The van der Waals surface area contributed by atoms with Gasteiger partial charge in [-0.05, 0) is 11.6 Å². The van der Waals surface area contributed by atoms with Crippen molar-refractivity contribution < 1.29 is 23.1 Å². The van der Waals surface area contributed by atoms with Crippen LogP contribution in [0.2, 0.25) is 0 Å². The highest BCUT2D eigenvalue weighted by molar-refractivity contribution is 5.95. The molecule has 3 heterocycles. The fourth-order valence-corrected chi connectivity index (χ4v) is 3.90. The second kappa shape index (κ2) is 8.48. The smallest absolute Gasteiger partial charge is 0.434 e. The van der Waals surface area contributed by atoms with E-state index < -0.39 is 23.5 Å². The molecule has 12 heteroatoms. The number of aromatic carboxylic acids is 1. The quantitative estimate of drug-likeness (QED) is 0.382. The van der Waals surface area contributed by atoms with Gasteiger partial charge in [-0.15, -0.1) is 0 Å². The number of nitrogens with one attached hydrogen (secondary N) is 1. The Hall–Kier alpha value is -4.74. The van der Waals surface area contributed by atoms with Gasteiger partial charge in [0.2, 0.25) is 0 Å². The summed E-state index contributed by atoms with van der Waals surface area (Å²) in [6.45, 7) is 0.116. The second-order valence-corrected chi connectivity index (χ2v) is 8.05. The molecule has 0 aliphatic rings. The molecule has 0 saturated carbocycles. The number of hydrogen-bond donors (Lipinski definition) is 2. The van der Waals surface area contributed by atoms with E-state index in [0.717, 1.165) is 6.20 Å².